The van der Waals surface area contributed by atoms with Gasteiger partial charge in [0.05, 0.1) is 23.9 Å². The zero-order chi connectivity index (χ0) is 28.5. The normalized spacial score (nSPS) is 29.4. The number of carbonyl (C=O) groups excluding carboxylic acids is 1. The molecule has 4 N–H and O–H groups in total. The molecule has 7 rings (SSSR count). The Kier molecular flexibility index (Phi) is 5.81. The lowest BCUT2D eigenvalue weighted by molar-refractivity contribution is -0.132. The maximum Gasteiger partial charge on any atom is 0.229 e. The van der Waals surface area contributed by atoms with E-state index < -0.39 is 35.3 Å². The predicted molar refractivity (Wildman–Crippen MR) is 145 cm³/mol. The highest BCUT2D eigenvalue weighted by molar-refractivity contribution is 5.88. The van der Waals surface area contributed by atoms with Crippen LogP contribution in [0, 0.1) is 34.8 Å². The van der Waals surface area contributed by atoms with Gasteiger partial charge in [-0.15, -0.1) is 0 Å². The topological polar surface area (TPSA) is 125 Å². The fourth-order valence-electron chi connectivity index (χ4n) is 6.38. The second-order valence-electron chi connectivity index (χ2n) is 11.0. The van der Waals surface area contributed by atoms with E-state index in [0.29, 0.717) is 29.3 Å². The SMILES string of the molecule is CNC(=O)C12CC1[C@@H](n1cnc3c(NC4CC4c4ccccc4)nc(C#Cc4ccc(F)c(F)c4)nc31)[C@H](O)[C@@H]2O. The molecule has 3 aliphatic carbocycles. The van der Waals surface area contributed by atoms with Gasteiger partial charge in [0.2, 0.25) is 11.7 Å². The van der Waals surface area contributed by atoms with Crippen LogP contribution in [0.25, 0.3) is 11.2 Å². The van der Waals surface area contributed by atoms with Crippen LogP contribution in [-0.4, -0.2) is 60.9 Å². The number of hydrogen-bond acceptors (Lipinski definition) is 7. The van der Waals surface area contributed by atoms with Gasteiger partial charge in [-0.3, -0.25) is 4.79 Å². The average Bonchev–Trinajstić information content (AvgIpc) is 3.86. The molecule has 0 aliphatic heterocycles. The highest BCUT2D eigenvalue weighted by atomic mass is 19.2. The Morgan fingerprint density at radius 1 is 1.10 bits per heavy atom. The first kappa shape index (κ1) is 25.6. The van der Waals surface area contributed by atoms with Gasteiger partial charge >= 0.3 is 0 Å². The van der Waals surface area contributed by atoms with Crippen LogP contribution in [0.2, 0.25) is 0 Å². The van der Waals surface area contributed by atoms with E-state index in [4.69, 9.17) is 0 Å². The van der Waals surface area contributed by atoms with Crippen LogP contribution >= 0.6 is 0 Å². The van der Waals surface area contributed by atoms with Crippen LogP contribution in [0.4, 0.5) is 14.6 Å². The van der Waals surface area contributed by atoms with E-state index >= 15 is 0 Å². The summed E-state index contributed by atoms with van der Waals surface area (Å²) in [4.78, 5) is 26.4. The number of aliphatic hydroxyl groups is 2. The minimum Gasteiger partial charge on any atom is -0.389 e. The molecule has 3 saturated carbocycles. The molecular formula is C30H26F2N6O3. The molecule has 41 heavy (non-hydrogen) atoms. The molecule has 2 aromatic heterocycles. The molecule has 2 heterocycles. The van der Waals surface area contributed by atoms with Gasteiger partial charge in [0.1, 0.15) is 6.10 Å². The number of anilines is 1. The number of halogens is 2. The highest BCUT2D eigenvalue weighted by Crippen LogP contribution is 2.67. The van der Waals surface area contributed by atoms with Crippen LogP contribution in [0.3, 0.4) is 0 Å². The van der Waals surface area contributed by atoms with Crippen molar-refractivity contribution in [3.63, 3.8) is 0 Å². The van der Waals surface area contributed by atoms with Crippen molar-refractivity contribution in [2.24, 2.45) is 11.3 Å². The maximum absolute atomic E-state index is 13.7. The molecule has 0 spiro atoms. The van der Waals surface area contributed by atoms with Crippen LogP contribution < -0.4 is 10.6 Å². The van der Waals surface area contributed by atoms with Gasteiger partial charge < -0.3 is 25.4 Å². The fraction of sp³-hybridized carbons (Fsp3) is 0.333. The zero-order valence-electron chi connectivity index (χ0n) is 21.9. The van der Waals surface area contributed by atoms with Gasteiger partial charge in [-0.05, 0) is 42.5 Å². The minimum atomic E-state index is -1.24. The molecule has 1 amide bonds. The Bertz CT molecular complexity index is 1750. The Morgan fingerprint density at radius 3 is 2.66 bits per heavy atom. The molecule has 208 valence electrons. The van der Waals surface area contributed by atoms with E-state index in [0.717, 1.165) is 18.6 Å². The maximum atomic E-state index is 13.7. The zero-order valence-corrected chi connectivity index (χ0v) is 21.9. The number of carbonyl (C=O) groups is 1. The Balaban J connectivity index is 1.28. The minimum absolute atomic E-state index is 0.107. The predicted octanol–water partition coefficient (Wildman–Crippen LogP) is 2.50. The number of aromatic nitrogens is 4. The van der Waals surface area contributed by atoms with Crippen molar-refractivity contribution in [1.82, 2.24) is 24.8 Å². The summed E-state index contributed by atoms with van der Waals surface area (Å²) in [5.74, 6) is 3.90. The number of nitrogens with one attached hydrogen (secondary N) is 2. The molecule has 3 fully saturated rings. The molecule has 11 heteroatoms. The van der Waals surface area contributed by atoms with Crippen LogP contribution in [0.1, 0.15) is 41.8 Å². The number of rotatable bonds is 5. The van der Waals surface area contributed by atoms with Crippen molar-refractivity contribution in [2.45, 2.75) is 43.1 Å². The molecule has 0 radical (unpaired) electrons. The third kappa shape index (κ3) is 4.05. The van der Waals surface area contributed by atoms with E-state index in [9.17, 15) is 23.8 Å². The van der Waals surface area contributed by atoms with Gasteiger partial charge in [-0.2, -0.15) is 0 Å². The molecular weight excluding hydrogens is 530 g/mol. The lowest BCUT2D eigenvalue weighted by Gasteiger charge is -2.23. The van der Waals surface area contributed by atoms with Crippen molar-refractivity contribution in [1.29, 1.82) is 0 Å². The van der Waals surface area contributed by atoms with Gasteiger partial charge in [-0.1, -0.05) is 36.3 Å². The summed E-state index contributed by atoms with van der Waals surface area (Å²) in [5.41, 5.74) is 1.24. The van der Waals surface area contributed by atoms with Crippen LogP contribution in [-0.2, 0) is 4.79 Å². The van der Waals surface area contributed by atoms with E-state index in [1.54, 1.807) is 4.57 Å². The average molecular weight is 557 g/mol. The van der Waals surface area contributed by atoms with Crippen molar-refractivity contribution in [2.75, 3.05) is 12.4 Å². The van der Waals surface area contributed by atoms with Gasteiger partial charge in [-0.25, -0.2) is 23.7 Å². The van der Waals surface area contributed by atoms with Gasteiger partial charge in [0, 0.05) is 30.5 Å². The number of imidazole rings is 1. The number of hydrogen-bond donors (Lipinski definition) is 4. The van der Waals surface area contributed by atoms with Gasteiger partial charge in [0.25, 0.3) is 0 Å². The van der Waals surface area contributed by atoms with E-state index in [2.05, 4.69) is 49.6 Å². The molecule has 0 saturated heterocycles. The number of nitrogens with zero attached hydrogens (tertiary/aromatic N) is 4. The second-order valence-corrected chi connectivity index (χ2v) is 11.0. The number of fused-ring (bicyclic) bond motifs is 2. The van der Waals surface area contributed by atoms with Crippen molar-refractivity contribution in [3.8, 4) is 11.8 Å². The fourth-order valence-corrected chi connectivity index (χ4v) is 6.38. The molecule has 2 aromatic carbocycles. The van der Waals surface area contributed by atoms with Crippen molar-refractivity contribution in [3.05, 3.63) is 83.4 Å². The van der Waals surface area contributed by atoms with Gasteiger partial charge in [0.15, 0.2) is 28.6 Å². The standard InChI is InChI=1S/C30H26F2N6O3/c1-33-29(41)30-13-18(30)24(25(39)26(30)40)38-14-34-23-27(35-21-12-17(21)16-5-3-2-4-6-16)36-22(37-28(23)38)10-8-15-7-9-19(31)20(32)11-15/h2-7,9,11,14,17-18,21,24-26,39-40H,12-13H2,1H3,(H,33,41)(H,35,36,37)/t17?,18?,21?,24-,25+,26+,30?/m1/s1. The third-order valence-electron chi connectivity index (χ3n) is 8.64. The Hall–Kier alpha value is -4.40. The highest BCUT2D eigenvalue weighted by Gasteiger charge is 2.75. The summed E-state index contributed by atoms with van der Waals surface area (Å²) in [5, 5.41) is 28.0. The number of benzene rings is 2. The number of aliphatic hydroxyl groups excluding tert-OH is 2. The monoisotopic (exact) mass is 556 g/mol. The smallest absolute Gasteiger partial charge is 0.229 e. The molecule has 7 atom stereocenters. The lowest BCUT2D eigenvalue weighted by atomic mass is 9.98. The second kappa shape index (κ2) is 9.33. The molecule has 3 aliphatic rings. The first-order valence-corrected chi connectivity index (χ1v) is 13.4. The Morgan fingerprint density at radius 2 is 1.90 bits per heavy atom. The first-order chi connectivity index (χ1) is 19.8. The third-order valence-corrected chi connectivity index (χ3v) is 8.64. The van der Waals surface area contributed by atoms with E-state index in [-0.39, 0.29) is 29.3 Å². The summed E-state index contributed by atoms with van der Waals surface area (Å²) in [6, 6.07) is 13.0. The van der Waals surface area contributed by atoms with Crippen molar-refractivity contribution < 1.29 is 23.8 Å². The number of amides is 1. The Labute approximate surface area is 233 Å². The summed E-state index contributed by atoms with van der Waals surface area (Å²) in [7, 11) is 1.51. The quantitative estimate of drug-likeness (QED) is 0.279. The molecule has 4 aromatic rings. The van der Waals surface area contributed by atoms with Crippen molar-refractivity contribution >= 4 is 22.9 Å². The first-order valence-electron chi connectivity index (χ1n) is 13.4. The summed E-state index contributed by atoms with van der Waals surface area (Å²) < 4.78 is 28.8. The van der Waals surface area contributed by atoms with E-state index in [1.807, 2.05) is 18.2 Å². The largest absolute Gasteiger partial charge is 0.389 e. The van der Waals surface area contributed by atoms with E-state index in [1.165, 1.54) is 25.0 Å². The van der Waals surface area contributed by atoms with Crippen LogP contribution in [0.5, 0.6) is 0 Å². The molecule has 9 nitrogen and oxygen atoms in total. The summed E-state index contributed by atoms with van der Waals surface area (Å²) in [6.07, 6.45) is 0.417. The molecule has 0 bridgehead atoms. The molecule has 4 unspecified atom stereocenters. The summed E-state index contributed by atoms with van der Waals surface area (Å²) >= 11 is 0. The lowest BCUT2D eigenvalue weighted by Crippen LogP contribution is -2.41. The summed E-state index contributed by atoms with van der Waals surface area (Å²) in [6.45, 7) is 0. The van der Waals surface area contributed by atoms with Crippen LogP contribution in [0.15, 0.2) is 54.9 Å².